The summed E-state index contributed by atoms with van der Waals surface area (Å²) in [6.07, 6.45) is 6.65. The maximum Gasteiger partial charge on any atom is 0.243 e. The summed E-state index contributed by atoms with van der Waals surface area (Å²) in [6, 6.07) is 15.1. The molecule has 31 heavy (non-hydrogen) atoms. The molecule has 1 aliphatic heterocycles. The second-order valence-electron chi connectivity index (χ2n) is 8.54. The maximum atomic E-state index is 12.9. The van der Waals surface area contributed by atoms with Crippen LogP contribution in [0.3, 0.4) is 0 Å². The molecule has 0 aromatic heterocycles. The topological polar surface area (TPSA) is 54.5 Å². The quantitative estimate of drug-likeness (QED) is 0.575. The zero-order valence-corrected chi connectivity index (χ0v) is 19.8. The monoisotopic (exact) mass is 441 g/mol. The van der Waals surface area contributed by atoms with Crippen molar-refractivity contribution in [2.24, 2.45) is 11.8 Å². The number of ketones is 1. The predicted octanol–water partition coefficient (Wildman–Crippen LogP) is 5.51. The van der Waals surface area contributed by atoms with E-state index >= 15 is 0 Å². The Kier molecular flexibility index (Phi) is 8.06. The van der Waals surface area contributed by atoms with Crippen molar-refractivity contribution in [1.82, 2.24) is 4.31 Å². The molecule has 0 N–H and O–H groups in total. The standard InChI is InChI=1S/C24H29NO3S.C2H6/c1-18(26)21-8-10-24(11-9-21)29(27,28)25-14-12-19(13-15-25)16-20-6-7-22-4-2-3-5-23(22)17-20;1-2/h2-5,8-11,19-20H,6-7,12-17H2,1H3;1-2H3. The summed E-state index contributed by atoms with van der Waals surface area (Å²) >= 11 is 0. The van der Waals surface area contributed by atoms with E-state index in [0.717, 1.165) is 25.2 Å². The fraction of sp³-hybridized carbons (Fsp3) is 0.500. The van der Waals surface area contributed by atoms with Gasteiger partial charge in [0.15, 0.2) is 5.78 Å². The highest BCUT2D eigenvalue weighted by molar-refractivity contribution is 7.89. The van der Waals surface area contributed by atoms with Crippen LogP contribution in [0.4, 0.5) is 0 Å². The Morgan fingerprint density at radius 3 is 2.13 bits per heavy atom. The first-order valence-corrected chi connectivity index (χ1v) is 13.1. The van der Waals surface area contributed by atoms with E-state index in [2.05, 4.69) is 24.3 Å². The third-order valence-electron chi connectivity index (χ3n) is 6.59. The molecule has 0 spiro atoms. The van der Waals surface area contributed by atoms with Crippen LogP contribution in [-0.4, -0.2) is 31.6 Å². The molecular weight excluding hydrogens is 406 g/mol. The molecule has 1 atom stereocenters. The van der Waals surface area contributed by atoms with Crippen molar-refractivity contribution in [3.8, 4) is 0 Å². The Morgan fingerprint density at radius 2 is 1.52 bits per heavy atom. The van der Waals surface area contributed by atoms with E-state index in [0.29, 0.717) is 24.6 Å². The average molecular weight is 442 g/mol. The van der Waals surface area contributed by atoms with Crippen LogP contribution < -0.4 is 0 Å². The van der Waals surface area contributed by atoms with E-state index < -0.39 is 10.0 Å². The van der Waals surface area contributed by atoms with Crippen LogP contribution in [0.25, 0.3) is 0 Å². The van der Waals surface area contributed by atoms with E-state index in [-0.39, 0.29) is 10.7 Å². The van der Waals surface area contributed by atoms with Crippen molar-refractivity contribution in [3.05, 3.63) is 65.2 Å². The first-order chi connectivity index (χ1) is 14.9. The molecular formula is C26H35NO3S. The number of aryl methyl sites for hydroxylation is 1. The van der Waals surface area contributed by atoms with Crippen molar-refractivity contribution in [3.63, 3.8) is 0 Å². The largest absolute Gasteiger partial charge is 0.295 e. The SMILES string of the molecule is CC.CC(=O)c1ccc(S(=O)(=O)N2CCC(CC3CCc4ccccc4C3)CC2)cc1. The lowest BCUT2D eigenvalue weighted by Crippen LogP contribution is -2.39. The molecule has 2 aromatic carbocycles. The summed E-state index contributed by atoms with van der Waals surface area (Å²) < 4.78 is 27.5. The third kappa shape index (κ3) is 5.64. The Hall–Kier alpha value is -1.98. The summed E-state index contributed by atoms with van der Waals surface area (Å²) in [4.78, 5) is 11.7. The smallest absolute Gasteiger partial charge is 0.243 e. The number of piperidine rings is 1. The molecule has 0 amide bonds. The van der Waals surface area contributed by atoms with Gasteiger partial charge in [-0.2, -0.15) is 4.31 Å². The molecule has 1 heterocycles. The number of nitrogens with zero attached hydrogens (tertiary/aromatic N) is 1. The molecule has 1 fully saturated rings. The third-order valence-corrected chi connectivity index (χ3v) is 8.50. The normalized spacial score (nSPS) is 19.8. The molecule has 168 valence electrons. The summed E-state index contributed by atoms with van der Waals surface area (Å²) in [5, 5.41) is 0. The molecule has 4 rings (SSSR count). The number of carbonyl (C=O) groups excluding carboxylic acids is 1. The van der Waals surface area contributed by atoms with Gasteiger partial charge >= 0.3 is 0 Å². The highest BCUT2D eigenvalue weighted by Gasteiger charge is 2.31. The van der Waals surface area contributed by atoms with Crippen molar-refractivity contribution in [2.75, 3.05) is 13.1 Å². The average Bonchev–Trinajstić information content (AvgIpc) is 2.81. The highest BCUT2D eigenvalue weighted by atomic mass is 32.2. The number of sulfonamides is 1. The van der Waals surface area contributed by atoms with Gasteiger partial charge in [-0.15, -0.1) is 0 Å². The Bertz CT molecular complexity index is 974. The van der Waals surface area contributed by atoms with Crippen molar-refractivity contribution in [2.45, 2.75) is 64.2 Å². The van der Waals surface area contributed by atoms with Gasteiger partial charge in [0, 0.05) is 18.7 Å². The van der Waals surface area contributed by atoms with E-state index in [1.807, 2.05) is 13.8 Å². The minimum atomic E-state index is -3.48. The number of fused-ring (bicyclic) bond motifs is 1. The van der Waals surface area contributed by atoms with Crippen LogP contribution in [0.1, 0.15) is 67.9 Å². The first kappa shape index (κ1) is 23.7. The predicted molar refractivity (Wildman–Crippen MR) is 126 cm³/mol. The molecule has 0 saturated carbocycles. The Morgan fingerprint density at radius 1 is 0.903 bits per heavy atom. The molecule has 5 heteroatoms. The van der Waals surface area contributed by atoms with Gasteiger partial charge in [0.1, 0.15) is 0 Å². The van der Waals surface area contributed by atoms with Crippen LogP contribution in [0, 0.1) is 11.8 Å². The second kappa shape index (κ2) is 10.6. The van der Waals surface area contributed by atoms with Gasteiger partial charge in [-0.1, -0.05) is 50.2 Å². The van der Waals surface area contributed by atoms with E-state index in [9.17, 15) is 13.2 Å². The fourth-order valence-corrected chi connectivity index (χ4v) is 6.31. The Labute approximate surface area is 187 Å². The molecule has 1 saturated heterocycles. The highest BCUT2D eigenvalue weighted by Crippen LogP contribution is 2.34. The van der Waals surface area contributed by atoms with Gasteiger partial charge in [0.05, 0.1) is 4.90 Å². The zero-order chi connectivity index (χ0) is 22.4. The van der Waals surface area contributed by atoms with Gasteiger partial charge in [-0.25, -0.2) is 8.42 Å². The number of Topliss-reactive ketones (excluding diaryl/α,β-unsaturated/α-hetero) is 1. The van der Waals surface area contributed by atoms with Crippen LogP contribution in [-0.2, 0) is 22.9 Å². The van der Waals surface area contributed by atoms with Crippen molar-refractivity contribution in [1.29, 1.82) is 0 Å². The van der Waals surface area contributed by atoms with Gasteiger partial charge in [0.25, 0.3) is 0 Å². The first-order valence-electron chi connectivity index (χ1n) is 11.6. The van der Waals surface area contributed by atoms with Crippen LogP contribution >= 0.6 is 0 Å². The van der Waals surface area contributed by atoms with Gasteiger partial charge in [-0.05, 0) is 80.5 Å². The number of rotatable bonds is 5. The molecule has 4 nitrogen and oxygen atoms in total. The van der Waals surface area contributed by atoms with Crippen molar-refractivity contribution < 1.29 is 13.2 Å². The maximum absolute atomic E-state index is 12.9. The molecule has 2 aromatic rings. The van der Waals surface area contributed by atoms with Gasteiger partial charge < -0.3 is 0 Å². The lowest BCUT2D eigenvalue weighted by atomic mass is 9.77. The second-order valence-corrected chi connectivity index (χ2v) is 10.5. The van der Waals surface area contributed by atoms with E-state index in [1.165, 1.54) is 37.3 Å². The molecule has 1 aliphatic carbocycles. The minimum Gasteiger partial charge on any atom is -0.295 e. The number of hydrogen-bond donors (Lipinski definition) is 0. The number of hydrogen-bond acceptors (Lipinski definition) is 3. The lowest BCUT2D eigenvalue weighted by Gasteiger charge is -2.34. The van der Waals surface area contributed by atoms with Crippen LogP contribution in [0.15, 0.2) is 53.4 Å². The molecule has 0 bridgehead atoms. The lowest BCUT2D eigenvalue weighted by molar-refractivity contribution is 0.101. The van der Waals surface area contributed by atoms with Gasteiger partial charge in [0.2, 0.25) is 10.0 Å². The minimum absolute atomic E-state index is 0.0555. The Balaban J connectivity index is 0.00000132. The van der Waals surface area contributed by atoms with E-state index in [1.54, 1.807) is 28.6 Å². The summed E-state index contributed by atoms with van der Waals surface area (Å²) in [5.41, 5.74) is 3.54. The van der Waals surface area contributed by atoms with Gasteiger partial charge in [-0.3, -0.25) is 4.79 Å². The molecule has 0 radical (unpaired) electrons. The summed E-state index contributed by atoms with van der Waals surface area (Å²) in [5.74, 6) is 1.27. The number of carbonyl (C=O) groups is 1. The van der Waals surface area contributed by atoms with Crippen LogP contribution in [0.5, 0.6) is 0 Å². The summed E-state index contributed by atoms with van der Waals surface area (Å²) in [7, 11) is -3.48. The zero-order valence-electron chi connectivity index (χ0n) is 19.0. The fourth-order valence-electron chi connectivity index (χ4n) is 4.84. The molecule has 1 unspecified atom stereocenters. The van der Waals surface area contributed by atoms with Crippen molar-refractivity contribution >= 4 is 15.8 Å². The molecule has 2 aliphatic rings. The number of benzene rings is 2. The van der Waals surface area contributed by atoms with Crippen LogP contribution in [0.2, 0.25) is 0 Å². The van der Waals surface area contributed by atoms with E-state index in [4.69, 9.17) is 0 Å². The summed E-state index contributed by atoms with van der Waals surface area (Å²) in [6.45, 7) is 6.66.